The standard InChI is InChI=1S/C38H30N2/c1-26-9-8-10-27(2)38(26)29-17-22-32(23-18-29)39-31-20-15-28(16-21-31)30-19-24-37-35(25-30)34-13-6-7-14-36(34)40(37)33-11-4-3-5-12-33/h3-25,39H,1-2H3. The summed E-state index contributed by atoms with van der Waals surface area (Å²) in [5.41, 5.74) is 13.4. The SMILES string of the molecule is Cc1cccc(C)c1-c1ccc(Nc2ccc(-c3ccc4c(c3)c3ccccc3n4-c3ccccc3)cc2)cc1. The number of nitrogens with one attached hydrogen (secondary N) is 1. The Morgan fingerprint density at radius 1 is 0.450 bits per heavy atom. The number of nitrogens with zero attached hydrogens (tertiary/aromatic N) is 1. The van der Waals surface area contributed by atoms with Gasteiger partial charge >= 0.3 is 0 Å². The van der Waals surface area contributed by atoms with Crippen molar-refractivity contribution in [1.82, 2.24) is 4.57 Å². The Morgan fingerprint density at radius 2 is 1.02 bits per heavy atom. The Kier molecular flexibility index (Phi) is 5.94. The van der Waals surface area contributed by atoms with Crippen LogP contribution in [0.2, 0.25) is 0 Å². The van der Waals surface area contributed by atoms with E-state index in [9.17, 15) is 0 Å². The van der Waals surface area contributed by atoms with Crippen LogP contribution in [0.3, 0.4) is 0 Å². The number of rotatable bonds is 5. The Hall–Kier alpha value is -5.08. The molecule has 2 heteroatoms. The highest BCUT2D eigenvalue weighted by Crippen LogP contribution is 2.35. The van der Waals surface area contributed by atoms with Gasteiger partial charge in [0.25, 0.3) is 0 Å². The number of aryl methyl sites for hydroxylation is 2. The molecule has 7 rings (SSSR count). The summed E-state index contributed by atoms with van der Waals surface area (Å²) in [6.07, 6.45) is 0. The maximum absolute atomic E-state index is 3.56. The Labute approximate surface area is 235 Å². The Morgan fingerprint density at radius 3 is 1.73 bits per heavy atom. The van der Waals surface area contributed by atoms with E-state index < -0.39 is 0 Å². The van der Waals surface area contributed by atoms with Crippen LogP contribution in [0.15, 0.2) is 140 Å². The minimum atomic E-state index is 1.07. The highest BCUT2D eigenvalue weighted by Gasteiger charge is 2.13. The number of hydrogen-bond acceptors (Lipinski definition) is 1. The van der Waals surface area contributed by atoms with Gasteiger partial charge in [0.15, 0.2) is 0 Å². The molecule has 0 unspecified atom stereocenters. The smallest absolute Gasteiger partial charge is 0.0541 e. The molecule has 0 bridgehead atoms. The van der Waals surface area contributed by atoms with Crippen molar-refractivity contribution in [2.45, 2.75) is 13.8 Å². The maximum Gasteiger partial charge on any atom is 0.0541 e. The Bertz CT molecular complexity index is 1940. The zero-order valence-electron chi connectivity index (χ0n) is 22.7. The van der Waals surface area contributed by atoms with Gasteiger partial charge in [-0.3, -0.25) is 0 Å². The van der Waals surface area contributed by atoms with Crippen molar-refractivity contribution >= 4 is 33.2 Å². The fourth-order valence-corrected chi connectivity index (χ4v) is 5.91. The monoisotopic (exact) mass is 514 g/mol. The molecular weight excluding hydrogens is 484 g/mol. The van der Waals surface area contributed by atoms with Crippen molar-refractivity contribution in [1.29, 1.82) is 0 Å². The van der Waals surface area contributed by atoms with Crippen LogP contribution in [0.1, 0.15) is 11.1 Å². The summed E-state index contributed by atoms with van der Waals surface area (Å²) in [7, 11) is 0. The number of hydrogen-bond donors (Lipinski definition) is 1. The van der Waals surface area contributed by atoms with Gasteiger partial charge in [-0.05, 0) is 102 Å². The van der Waals surface area contributed by atoms with Gasteiger partial charge in [0.05, 0.1) is 11.0 Å². The van der Waals surface area contributed by atoms with E-state index in [0.29, 0.717) is 0 Å². The van der Waals surface area contributed by atoms with Crippen molar-refractivity contribution in [3.05, 3.63) is 151 Å². The van der Waals surface area contributed by atoms with Gasteiger partial charge in [-0.2, -0.15) is 0 Å². The topological polar surface area (TPSA) is 17.0 Å². The van der Waals surface area contributed by atoms with Crippen LogP contribution in [0.5, 0.6) is 0 Å². The second kappa shape index (κ2) is 9.91. The summed E-state index contributed by atoms with van der Waals surface area (Å²) >= 11 is 0. The molecule has 0 spiro atoms. The highest BCUT2D eigenvalue weighted by atomic mass is 15.0. The summed E-state index contributed by atoms with van der Waals surface area (Å²) in [4.78, 5) is 0. The molecular formula is C38H30N2. The van der Waals surface area contributed by atoms with Gasteiger partial charge in [-0.25, -0.2) is 0 Å². The number of benzene rings is 6. The number of anilines is 2. The maximum atomic E-state index is 3.56. The van der Waals surface area contributed by atoms with E-state index in [4.69, 9.17) is 0 Å². The van der Waals surface area contributed by atoms with Crippen LogP contribution < -0.4 is 5.32 Å². The molecule has 1 heterocycles. The summed E-state index contributed by atoms with van der Waals surface area (Å²) in [5.74, 6) is 0. The van der Waals surface area contributed by atoms with Crippen molar-refractivity contribution in [3.8, 4) is 27.9 Å². The number of aromatic nitrogens is 1. The molecule has 192 valence electrons. The Balaban J connectivity index is 1.17. The van der Waals surface area contributed by atoms with Crippen LogP contribution in [0.4, 0.5) is 11.4 Å². The van der Waals surface area contributed by atoms with Gasteiger partial charge in [-0.1, -0.05) is 84.9 Å². The number of para-hydroxylation sites is 2. The molecule has 2 nitrogen and oxygen atoms in total. The molecule has 0 aliphatic heterocycles. The van der Waals surface area contributed by atoms with Crippen molar-refractivity contribution in [3.63, 3.8) is 0 Å². The van der Waals surface area contributed by atoms with E-state index in [2.05, 4.69) is 163 Å². The zero-order valence-corrected chi connectivity index (χ0v) is 22.7. The average molecular weight is 515 g/mol. The zero-order chi connectivity index (χ0) is 27.1. The molecule has 0 aliphatic carbocycles. The first kappa shape index (κ1) is 24.0. The van der Waals surface area contributed by atoms with Gasteiger partial charge in [-0.15, -0.1) is 0 Å². The average Bonchev–Trinajstić information content (AvgIpc) is 3.32. The van der Waals surface area contributed by atoms with Crippen LogP contribution in [0, 0.1) is 13.8 Å². The van der Waals surface area contributed by atoms with E-state index in [1.54, 1.807) is 0 Å². The fraction of sp³-hybridized carbons (Fsp3) is 0.0526. The van der Waals surface area contributed by atoms with E-state index in [1.807, 2.05) is 0 Å². The molecule has 40 heavy (non-hydrogen) atoms. The summed E-state index contributed by atoms with van der Waals surface area (Å²) in [5, 5.41) is 6.10. The van der Waals surface area contributed by atoms with Gasteiger partial charge < -0.3 is 9.88 Å². The molecule has 1 aromatic heterocycles. The van der Waals surface area contributed by atoms with E-state index >= 15 is 0 Å². The van der Waals surface area contributed by atoms with E-state index in [-0.39, 0.29) is 0 Å². The molecule has 0 amide bonds. The minimum Gasteiger partial charge on any atom is -0.356 e. The second-order valence-corrected chi connectivity index (χ2v) is 10.5. The minimum absolute atomic E-state index is 1.07. The van der Waals surface area contributed by atoms with Crippen molar-refractivity contribution < 1.29 is 0 Å². The largest absolute Gasteiger partial charge is 0.356 e. The molecule has 6 aromatic carbocycles. The summed E-state index contributed by atoms with van der Waals surface area (Å²) in [6.45, 7) is 4.35. The third-order valence-corrected chi connectivity index (χ3v) is 7.85. The van der Waals surface area contributed by atoms with Gasteiger partial charge in [0.1, 0.15) is 0 Å². The van der Waals surface area contributed by atoms with Crippen LogP contribution in [-0.4, -0.2) is 4.57 Å². The summed E-state index contributed by atoms with van der Waals surface area (Å²) in [6, 6.07) is 50.0. The van der Waals surface area contributed by atoms with E-state index in [1.165, 1.54) is 60.9 Å². The lowest BCUT2D eigenvalue weighted by molar-refractivity contribution is 1.18. The first-order valence-corrected chi connectivity index (χ1v) is 13.8. The lowest BCUT2D eigenvalue weighted by Gasteiger charge is -2.12. The molecule has 0 radical (unpaired) electrons. The molecule has 0 saturated carbocycles. The predicted molar refractivity (Wildman–Crippen MR) is 171 cm³/mol. The van der Waals surface area contributed by atoms with Crippen LogP contribution in [-0.2, 0) is 0 Å². The lowest BCUT2D eigenvalue weighted by Crippen LogP contribution is -1.93. The highest BCUT2D eigenvalue weighted by molar-refractivity contribution is 6.10. The van der Waals surface area contributed by atoms with Crippen molar-refractivity contribution in [2.75, 3.05) is 5.32 Å². The quantitative estimate of drug-likeness (QED) is 0.242. The van der Waals surface area contributed by atoms with Crippen LogP contribution in [0.25, 0.3) is 49.7 Å². The molecule has 7 aromatic rings. The fourth-order valence-electron chi connectivity index (χ4n) is 5.91. The van der Waals surface area contributed by atoms with Crippen LogP contribution >= 0.6 is 0 Å². The first-order chi connectivity index (χ1) is 19.7. The summed E-state index contributed by atoms with van der Waals surface area (Å²) < 4.78 is 2.35. The van der Waals surface area contributed by atoms with Gasteiger partial charge in [0, 0.05) is 27.8 Å². The van der Waals surface area contributed by atoms with Crippen molar-refractivity contribution in [2.24, 2.45) is 0 Å². The van der Waals surface area contributed by atoms with Gasteiger partial charge in [0.2, 0.25) is 0 Å². The van der Waals surface area contributed by atoms with E-state index in [0.717, 1.165) is 11.4 Å². The molecule has 1 N–H and O–H groups in total. The molecule has 0 saturated heterocycles. The molecule has 0 fully saturated rings. The normalized spacial score (nSPS) is 11.2. The number of fused-ring (bicyclic) bond motifs is 3. The lowest BCUT2D eigenvalue weighted by atomic mass is 9.96. The predicted octanol–water partition coefficient (Wildman–Crippen LogP) is 10.5. The molecule has 0 atom stereocenters. The molecule has 0 aliphatic rings. The third-order valence-electron chi connectivity index (χ3n) is 7.85. The second-order valence-electron chi connectivity index (χ2n) is 10.5. The third kappa shape index (κ3) is 4.24. The first-order valence-electron chi connectivity index (χ1n) is 13.8.